The molecule has 0 amide bonds. The number of hydrogen-bond donors (Lipinski definition) is 1. The zero-order valence-corrected chi connectivity index (χ0v) is 11.6. The molecule has 1 atom stereocenters. The zero-order valence-electron chi connectivity index (χ0n) is 11.6. The van der Waals surface area contributed by atoms with Crippen molar-refractivity contribution in [1.29, 1.82) is 0 Å². The molecule has 2 aromatic rings. The molecule has 2 N–H and O–H groups in total. The van der Waals surface area contributed by atoms with Gasteiger partial charge < -0.3 is 10.5 Å². The Bertz CT molecular complexity index is 536. The highest BCUT2D eigenvalue weighted by atomic mass is 16.5. The summed E-state index contributed by atoms with van der Waals surface area (Å²) in [6.45, 7) is 4.15. The van der Waals surface area contributed by atoms with Gasteiger partial charge in [0.15, 0.2) is 0 Å². The van der Waals surface area contributed by atoms with Crippen LogP contribution in [0.5, 0.6) is 5.75 Å². The van der Waals surface area contributed by atoms with Crippen molar-refractivity contribution < 1.29 is 4.74 Å². The summed E-state index contributed by atoms with van der Waals surface area (Å²) in [5.74, 6) is 1.71. The van der Waals surface area contributed by atoms with Crippen molar-refractivity contribution in [1.82, 2.24) is 14.8 Å². The van der Waals surface area contributed by atoms with Gasteiger partial charge in [-0.3, -0.25) is 0 Å². The second-order valence-corrected chi connectivity index (χ2v) is 4.77. The number of ether oxygens (including phenoxy) is 1. The number of rotatable bonds is 5. The molecule has 1 heterocycles. The Morgan fingerprint density at radius 3 is 2.74 bits per heavy atom. The van der Waals surface area contributed by atoms with Crippen LogP contribution in [0, 0.1) is 0 Å². The van der Waals surface area contributed by atoms with E-state index in [4.69, 9.17) is 10.5 Å². The van der Waals surface area contributed by atoms with Crippen molar-refractivity contribution in [3.63, 3.8) is 0 Å². The molecule has 0 bridgehead atoms. The monoisotopic (exact) mass is 260 g/mol. The molecular weight excluding hydrogens is 240 g/mol. The molecule has 0 saturated carbocycles. The number of nitrogens with zero attached hydrogens (tertiary/aromatic N) is 3. The third-order valence-corrected chi connectivity index (χ3v) is 3.08. The quantitative estimate of drug-likeness (QED) is 0.894. The smallest absolute Gasteiger partial charge is 0.138 e. The standard InChI is InChI=1S/C14H20N4O/c1-10(2)18-14(16-9-17-18)8-12(15)11-6-4-5-7-13(11)19-3/h4-7,9-10,12H,8,15H2,1-3H3. The molecule has 1 aromatic heterocycles. The van der Waals surface area contributed by atoms with Crippen molar-refractivity contribution in [3.05, 3.63) is 42.0 Å². The van der Waals surface area contributed by atoms with Gasteiger partial charge in [-0.25, -0.2) is 9.67 Å². The van der Waals surface area contributed by atoms with Crippen molar-refractivity contribution >= 4 is 0 Å². The van der Waals surface area contributed by atoms with E-state index in [1.54, 1.807) is 13.4 Å². The first-order valence-corrected chi connectivity index (χ1v) is 6.40. The number of methoxy groups -OCH3 is 1. The van der Waals surface area contributed by atoms with E-state index in [2.05, 4.69) is 23.9 Å². The predicted octanol–water partition coefficient (Wildman–Crippen LogP) is 2.11. The first-order chi connectivity index (χ1) is 9.13. The van der Waals surface area contributed by atoms with Crippen LogP contribution in [0.15, 0.2) is 30.6 Å². The third-order valence-electron chi connectivity index (χ3n) is 3.08. The van der Waals surface area contributed by atoms with Gasteiger partial charge in [0, 0.05) is 24.1 Å². The lowest BCUT2D eigenvalue weighted by atomic mass is 10.0. The van der Waals surface area contributed by atoms with Gasteiger partial charge in [0.05, 0.1) is 7.11 Å². The van der Waals surface area contributed by atoms with Gasteiger partial charge in [0.2, 0.25) is 0 Å². The Labute approximate surface area is 113 Å². The second kappa shape index (κ2) is 5.84. The molecule has 0 saturated heterocycles. The van der Waals surface area contributed by atoms with E-state index in [0.29, 0.717) is 6.42 Å². The van der Waals surface area contributed by atoms with Crippen molar-refractivity contribution in [2.45, 2.75) is 32.4 Å². The minimum atomic E-state index is -0.155. The second-order valence-electron chi connectivity index (χ2n) is 4.77. The summed E-state index contributed by atoms with van der Waals surface area (Å²) >= 11 is 0. The normalized spacial score (nSPS) is 12.7. The van der Waals surface area contributed by atoms with Gasteiger partial charge in [0.1, 0.15) is 17.9 Å². The van der Waals surface area contributed by atoms with Crippen LogP contribution in [0.4, 0.5) is 0 Å². The van der Waals surface area contributed by atoms with Crippen LogP contribution >= 0.6 is 0 Å². The number of nitrogens with two attached hydrogens (primary N) is 1. The summed E-state index contributed by atoms with van der Waals surface area (Å²) in [6.07, 6.45) is 2.21. The summed E-state index contributed by atoms with van der Waals surface area (Å²) in [6, 6.07) is 7.93. The van der Waals surface area contributed by atoms with Crippen LogP contribution in [-0.4, -0.2) is 21.9 Å². The number of para-hydroxylation sites is 1. The van der Waals surface area contributed by atoms with Gasteiger partial charge in [-0.15, -0.1) is 0 Å². The average molecular weight is 260 g/mol. The maximum absolute atomic E-state index is 6.27. The summed E-state index contributed by atoms with van der Waals surface area (Å²) < 4.78 is 7.24. The van der Waals surface area contributed by atoms with Crippen LogP contribution in [0.25, 0.3) is 0 Å². The Kier molecular flexibility index (Phi) is 4.16. The molecule has 0 spiro atoms. The Balaban J connectivity index is 2.21. The molecule has 0 aliphatic carbocycles. The third kappa shape index (κ3) is 2.93. The highest BCUT2D eigenvalue weighted by Gasteiger charge is 2.16. The summed E-state index contributed by atoms with van der Waals surface area (Å²) in [5, 5.41) is 4.22. The molecular formula is C14H20N4O. The molecule has 0 aliphatic heterocycles. The fraction of sp³-hybridized carbons (Fsp3) is 0.429. The van der Waals surface area contributed by atoms with Gasteiger partial charge >= 0.3 is 0 Å². The molecule has 0 radical (unpaired) electrons. The average Bonchev–Trinajstić information content (AvgIpc) is 2.87. The van der Waals surface area contributed by atoms with Crippen molar-refractivity contribution in [3.8, 4) is 5.75 Å². The molecule has 0 aliphatic rings. The molecule has 1 unspecified atom stereocenters. The number of benzene rings is 1. The van der Waals surface area contributed by atoms with Crippen LogP contribution in [0.3, 0.4) is 0 Å². The van der Waals surface area contributed by atoms with Crippen LogP contribution in [0.1, 0.15) is 37.3 Å². The van der Waals surface area contributed by atoms with E-state index in [0.717, 1.165) is 17.1 Å². The highest BCUT2D eigenvalue weighted by Crippen LogP contribution is 2.25. The lowest BCUT2D eigenvalue weighted by Crippen LogP contribution is -2.18. The maximum Gasteiger partial charge on any atom is 0.138 e. The van der Waals surface area contributed by atoms with E-state index >= 15 is 0 Å². The molecule has 2 rings (SSSR count). The molecule has 5 nitrogen and oxygen atoms in total. The zero-order chi connectivity index (χ0) is 13.8. The van der Waals surface area contributed by atoms with Crippen molar-refractivity contribution in [2.24, 2.45) is 5.73 Å². The molecule has 102 valence electrons. The molecule has 1 aromatic carbocycles. The van der Waals surface area contributed by atoms with Crippen LogP contribution in [-0.2, 0) is 6.42 Å². The lowest BCUT2D eigenvalue weighted by Gasteiger charge is -2.16. The van der Waals surface area contributed by atoms with Gasteiger partial charge in [0.25, 0.3) is 0 Å². The molecule has 5 heteroatoms. The Morgan fingerprint density at radius 2 is 2.05 bits per heavy atom. The Hall–Kier alpha value is -1.88. The summed E-state index contributed by atoms with van der Waals surface area (Å²) in [7, 11) is 1.65. The maximum atomic E-state index is 6.27. The van der Waals surface area contributed by atoms with E-state index in [1.807, 2.05) is 28.9 Å². The first-order valence-electron chi connectivity index (χ1n) is 6.40. The first kappa shape index (κ1) is 13.5. The minimum absolute atomic E-state index is 0.155. The SMILES string of the molecule is COc1ccccc1C(N)Cc1ncnn1C(C)C. The van der Waals surface area contributed by atoms with Crippen LogP contribution in [0.2, 0.25) is 0 Å². The van der Waals surface area contributed by atoms with Gasteiger partial charge in [-0.05, 0) is 19.9 Å². The van der Waals surface area contributed by atoms with Crippen molar-refractivity contribution in [2.75, 3.05) is 7.11 Å². The van der Waals surface area contributed by atoms with E-state index in [9.17, 15) is 0 Å². The topological polar surface area (TPSA) is 66.0 Å². The Morgan fingerprint density at radius 1 is 1.32 bits per heavy atom. The summed E-state index contributed by atoms with van der Waals surface area (Å²) in [5.41, 5.74) is 7.26. The van der Waals surface area contributed by atoms with E-state index < -0.39 is 0 Å². The number of aromatic nitrogens is 3. The van der Waals surface area contributed by atoms with E-state index in [-0.39, 0.29) is 12.1 Å². The molecule has 0 fully saturated rings. The predicted molar refractivity (Wildman–Crippen MR) is 74.0 cm³/mol. The fourth-order valence-electron chi connectivity index (χ4n) is 2.13. The van der Waals surface area contributed by atoms with Crippen LogP contribution < -0.4 is 10.5 Å². The largest absolute Gasteiger partial charge is 0.496 e. The van der Waals surface area contributed by atoms with Gasteiger partial charge in [-0.1, -0.05) is 18.2 Å². The van der Waals surface area contributed by atoms with E-state index in [1.165, 1.54) is 0 Å². The number of hydrogen-bond acceptors (Lipinski definition) is 4. The highest BCUT2D eigenvalue weighted by molar-refractivity contribution is 5.36. The lowest BCUT2D eigenvalue weighted by molar-refractivity contribution is 0.404. The molecule has 19 heavy (non-hydrogen) atoms. The minimum Gasteiger partial charge on any atom is -0.496 e. The van der Waals surface area contributed by atoms with Gasteiger partial charge in [-0.2, -0.15) is 5.10 Å². The fourth-order valence-corrected chi connectivity index (χ4v) is 2.13. The summed E-state index contributed by atoms with van der Waals surface area (Å²) in [4.78, 5) is 4.29.